The maximum absolute atomic E-state index is 3.69. The maximum atomic E-state index is 3.69. The topological polar surface area (TPSA) is 15.3 Å². The monoisotopic (exact) mass is 324 g/mol. The van der Waals surface area contributed by atoms with Gasteiger partial charge in [-0.1, -0.05) is 41.9 Å². The zero-order valence-corrected chi connectivity index (χ0v) is 13.8. The second kappa shape index (κ2) is 6.38. The first kappa shape index (κ1) is 15.0. The van der Waals surface area contributed by atoms with Crippen molar-refractivity contribution in [3.8, 4) is 0 Å². The summed E-state index contributed by atoms with van der Waals surface area (Å²) in [6.07, 6.45) is 2.63. The molecule has 1 atom stereocenters. The minimum absolute atomic E-state index is 0.407. The highest BCUT2D eigenvalue weighted by Gasteiger charge is 2.32. The van der Waals surface area contributed by atoms with Gasteiger partial charge in [-0.3, -0.25) is 0 Å². The molecule has 1 N–H and O–H groups in total. The average Bonchev–Trinajstić information content (AvgIpc) is 2.32. The van der Waals surface area contributed by atoms with Crippen molar-refractivity contribution >= 4 is 15.9 Å². The van der Waals surface area contributed by atoms with Crippen molar-refractivity contribution in [1.82, 2.24) is 10.2 Å². The van der Waals surface area contributed by atoms with Gasteiger partial charge in [0.25, 0.3) is 0 Å². The van der Waals surface area contributed by atoms with Crippen LogP contribution < -0.4 is 5.32 Å². The van der Waals surface area contributed by atoms with E-state index in [1.54, 1.807) is 0 Å². The van der Waals surface area contributed by atoms with E-state index in [2.05, 4.69) is 71.3 Å². The highest BCUT2D eigenvalue weighted by atomic mass is 79.9. The van der Waals surface area contributed by atoms with Crippen LogP contribution >= 0.6 is 15.9 Å². The highest BCUT2D eigenvalue weighted by molar-refractivity contribution is 9.10. The summed E-state index contributed by atoms with van der Waals surface area (Å²) >= 11 is 3.54. The molecular formula is C16H25BrN2. The lowest BCUT2D eigenvalue weighted by molar-refractivity contribution is 0.136. The number of piperidine rings is 1. The van der Waals surface area contributed by atoms with Crippen molar-refractivity contribution in [1.29, 1.82) is 0 Å². The quantitative estimate of drug-likeness (QED) is 0.909. The summed E-state index contributed by atoms with van der Waals surface area (Å²) in [5, 5.41) is 3.69. The zero-order valence-electron chi connectivity index (χ0n) is 12.2. The van der Waals surface area contributed by atoms with Gasteiger partial charge in [0.1, 0.15) is 0 Å². The minimum Gasteiger partial charge on any atom is -0.312 e. The summed E-state index contributed by atoms with van der Waals surface area (Å²) in [4.78, 5) is 2.42. The van der Waals surface area contributed by atoms with Gasteiger partial charge in [-0.2, -0.15) is 0 Å². The van der Waals surface area contributed by atoms with E-state index in [0.717, 1.165) is 17.6 Å². The fraction of sp³-hybridized carbons (Fsp3) is 0.625. The Bertz CT molecular complexity index is 417. The number of rotatable bonds is 4. The molecule has 0 amide bonds. The predicted molar refractivity (Wildman–Crippen MR) is 85.3 cm³/mol. The number of nitrogens with zero attached hydrogens (tertiary/aromatic N) is 1. The van der Waals surface area contributed by atoms with Crippen LogP contribution in [0.15, 0.2) is 28.7 Å². The van der Waals surface area contributed by atoms with Crippen LogP contribution in [0.3, 0.4) is 0 Å². The van der Waals surface area contributed by atoms with Gasteiger partial charge in [-0.05, 0) is 49.5 Å². The number of halogens is 1. The number of hydrogen-bond acceptors (Lipinski definition) is 2. The normalized spacial score (nSPS) is 22.7. The van der Waals surface area contributed by atoms with Gasteiger partial charge in [0.2, 0.25) is 0 Å². The molecule has 3 heteroatoms. The second-order valence-electron chi connectivity index (χ2n) is 6.43. The minimum atomic E-state index is 0.407. The Hall–Kier alpha value is -0.380. The Morgan fingerprint density at radius 2 is 2.21 bits per heavy atom. The van der Waals surface area contributed by atoms with E-state index in [9.17, 15) is 0 Å². The summed E-state index contributed by atoms with van der Waals surface area (Å²) < 4.78 is 1.16. The van der Waals surface area contributed by atoms with Crippen LogP contribution in [0.4, 0.5) is 0 Å². The molecule has 0 spiro atoms. The summed E-state index contributed by atoms with van der Waals surface area (Å²) in [5.41, 5.74) is 1.77. The van der Waals surface area contributed by atoms with Crippen molar-refractivity contribution in [3.05, 3.63) is 34.3 Å². The highest BCUT2D eigenvalue weighted by Crippen LogP contribution is 2.30. The fourth-order valence-corrected chi connectivity index (χ4v) is 3.35. The molecule has 1 saturated heterocycles. The van der Waals surface area contributed by atoms with Crippen LogP contribution in [-0.2, 0) is 6.54 Å². The first-order valence-corrected chi connectivity index (χ1v) is 7.93. The molecule has 1 aliphatic heterocycles. The van der Waals surface area contributed by atoms with Gasteiger partial charge in [-0.25, -0.2) is 0 Å². The van der Waals surface area contributed by atoms with Crippen LogP contribution in [0.1, 0.15) is 32.3 Å². The van der Waals surface area contributed by atoms with E-state index < -0.39 is 0 Å². The average molecular weight is 325 g/mol. The summed E-state index contributed by atoms with van der Waals surface area (Å²) in [6.45, 7) is 8.06. The molecule has 0 aromatic heterocycles. The summed E-state index contributed by atoms with van der Waals surface area (Å²) in [7, 11) is 2.22. The molecule has 1 fully saturated rings. The molecule has 1 aliphatic rings. The molecule has 0 saturated carbocycles. The van der Waals surface area contributed by atoms with E-state index >= 15 is 0 Å². The van der Waals surface area contributed by atoms with Gasteiger partial charge in [-0.15, -0.1) is 0 Å². The fourth-order valence-electron chi connectivity index (χ4n) is 2.91. The zero-order chi connectivity index (χ0) is 13.9. The van der Waals surface area contributed by atoms with Gasteiger partial charge in [0.15, 0.2) is 0 Å². The van der Waals surface area contributed by atoms with Crippen LogP contribution in [0.2, 0.25) is 0 Å². The van der Waals surface area contributed by atoms with Gasteiger partial charge in [0.05, 0.1) is 0 Å². The molecule has 2 rings (SSSR count). The van der Waals surface area contributed by atoms with Crippen LogP contribution in [0, 0.1) is 5.41 Å². The standard InChI is InChI=1S/C16H25BrN2/c1-16(2)8-5-9-18-15(16)12-19(3)11-13-6-4-7-14(17)10-13/h4,6-7,10,15,18H,5,8-9,11-12H2,1-3H3. The smallest absolute Gasteiger partial charge is 0.0246 e. The molecule has 0 radical (unpaired) electrons. The third-order valence-electron chi connectivity index (χ3n) is 4.17. The van der Waals surface area contributed by atoms with E-state index in [0.29, 0.717) is 11.5 Å². The molecular weight excluding hydrogens is 300 g/mol. The van der Waals surface area contributed by atoms with E-state index in [-0.39, 0.29) is 0 Å². The molecule has 1 unspecified atom stereocenters. The Labute approximate surface area is 125 Å². The predicted octanol–water partition coefficient (Wildman–Crippen LogP) is 3.66. The molecule has 0 aliphatic carbocycles. The lowest BCUT2D eigenvalue weighted by atomic mass is 9.77. The van der Waals surface area contributed by atoms with E-state index in [4.69, 9.17) is 0 Å². The maximum Gasteiger partial charge on any atom is 0.0246 e. The molecule has 1 heterocycles. The van der Waals surface area contributed by atoms with Crippen molar-refractivity contribution in [2.24, 2.45) is 5.41 Å². The van der Waals surface area contributed by atoms with Gasteiger partial charge in [0, 0.05) is 23.6 Å². The number of nitrogens with one attached hydrogen (secondary N) is 1. The van der Waals surface area contributed by atoms with Crippen LogP contribution in [-0.4, -0.2) is 31.1 Å². The first-order chi connectivity index (χ1) is 8.97. The van der Waals surface area contributed by atoms with Crippen molar-refractivity contribution < 1.29 is 0 Å². The van der Waals surface area contributed by atoms with E-state index in [1.807, 2.05) is 0 Å². The molecule has 19 heavy (non-hydrogen) atoms. The van der Waals surface area contributed by atoms with Gasteiger partial charge >= 0.3 is 0 Å². The molecule has 2 nitrogen and oxygen atoms in total. The van der Waals surface area contributed by atoms with Gasteiger partial charge < -0.3 is 10.2 Å². The van der Waals surface area contributed by atoms with Crippen molar-refractivity contribution in [2.75, 3.05) is 20.1 Å². The third-order valence-corrected chi connectivity index (χ3v) is 4.66. The van der Waals surface area contributed by atoms with Crippen LogP contribution in [0.5, 0.6) is 0 Å². The lowest BCUT2D eigenvalue weighted by Gasteiger charge is -2.41. The Balaban J connectivity index is 1.92. The largest absolute Gasteiger partial charge is 0.312 e. The lowest BCUT2D eigenvalue weighted by Crippen LogP contribution is -2.52. The first-order valence-electron chi connectivity index (χ1n) is 7.14. The molecule has 1 aromatic rings. The number of hydrogen-bond donors (Lipinski definition) is 1. The number of likely N-dealkylation sites (N-methyl/N-ethyl adjacent to an activating group) is 1. The van der Waals surface area contributed by atoms with E-state index in [1.165, 1.54) is 24.9 Å². The van der Waals surface area contributed by atoms with Crippen LogP contribution in [0.25, 0.3) is 0 Å². The summed E-state index contributed by atoms with van der Waals surface area (Å²) in [6, 6.07) is 9.18. The molecule has 0 bridgehead atoms. The Morgan fingerprint density at radius 3 is 2.89 bits per heavy atom. The third kappa shape index (κ3) is 4.30. The van der Waals surface area contributed by atoms with Crippen molar-refractivity contribution in [3.63, 3.8) is 0 Å². The Morgan fingerprint density at radius 1 is 1.42 bits per heavy atom. The summed E-state index contributed by atoms with van der Waals surface area (Å²) in [5.74, 6) is 0. The molecule has 1 aromatic carbocycles. The van der Waals surface area contributed by atoms with Crippen molar-refractivity contribution in [2.45, 2.75) is 39.3 Å². The second-order valence-corrected chi connectivity index (χ2v) is 7.34. The Kier molecular flexibility index (Phi) is 5.04. The number of benzene rings is 1. The SMILES string of the molecule is CN(Cc1cccc(Br)c1)CC1NCCCC1(C)C. The molecule has 106 valence electrons.